The summed E-state index contributed by atoms with van der Waals surface area (Å²) in [6, 6.07) is 1.09. The number of aromatic nitrogens is 1. The van der Waals surface area contributed by atoms with Crippen LogP contribution in [-0.2, 0) is 14.3 Å². The normalized spacial score (nSPS) is 12.3. The number of hydrogen-bond donors (Lipinski definition) is 2. The van der Waals surface area contributed by atoms with Crippen LogP contribution in [0.4, 0.5) is 5.88 Å². The van der Waals surface area contributed by atoms with Gasteiger partial charge in [0, 0.05) is 6.07 Å². The molecule has 106 valence electrons. The van der Waals surface area contributed by atoms with Crippen LogP contribution >= 0.6 is 0 Å². The molecule has 7 heteroatoms. The van der Waals surface area contributed by atoms with Gasteiger partial charge in [-0.1, -0.05) is 19.0 Å². The third-order valence-corrected chi connectivity index (χ3v) is 2.49. The van der Waals surface area contributed by atoms with Crippen LogP contribution in [0.3, 0.4) is 0 Å². The van der Waals surface area contributed by atoms with Gasteiger partial charge in [0.05, 0.1) is 19.3 Å². The van der Waals surface area contributed by atoms with Crippen molar-refractivity contribution < 1.29 is 18.8 Å². The van der Waals surface area contributed by atoms with E-state index in [-0.39, 0.29) is 24.3 Å². The maximum atomic E-state index is 11.6. The van der Waals surface area contributed by atoms with Crippen molar-refractivity contribution in [1.29, 1.82) is 0 Å². The molecule has 0 radical (unpaired) electrons. The average molecular weight is 269 g/mol. The molecule has 19 heavy (non-hydrogen) atoms. The van der Waals surface area contributed by atoms with Crippen molar-refractivity contribution >= 4 is 17.8 Å². The highest BCUT2D eigenvalue weighted by atomic mass is 16.5. The number of ether oxygens (including phenoxy) is 1. The quantitative estimate of drug-likeness (QED) is 0.739. The highest BCUT2D eigenvalue weighted by Gasteiger charge is 2.23. The molecule has 0 aliphatic carbocycles. The first-order valence-corrected chi connectivity index (χ1v) is 5.98. The predicted molar refractivity (Wildman–Crippen MR) is 68.5 cm³/mol. The van der Waals surface area contributed by atoms with Crippen LogP contribution in [0.15, 0.2) is 10.6 Å². The first kappa shape index (κ1) is 15.2. The lowest BCUT2D eigenvalue weighted by atomic mass is 10.0. The van der Waals surface area contributed by atoms with Gasteiger partial charge in [-0.2, -0.15) is 0 Å². The van der Waals surface area contributed by atoms with Gasteiger partial charge in [-0.05, 0) is 12.8 Å². The van der Waals surface area contributed by atoms with Crippen molar-refractivity contribution in [2.45, 2.75) is 26.8 Å². The van der Waals surface area contributed by atoms with Gasteiger partial charge in [0.25, 0.3) is 0 Å². The summed E-state index contributed by atoms with van der Waals surface area (Å²) in [6.07, 6.45) is 0. The summed E-state index contributed by atoms with van der Waals surface area (Å²) in [6.45, 7) is 5.47. The maximum Gasteiger partial charge on any atom is 0.323 e. The van der Waals surface area contributed by atoms with Crippen molar-refractivity contribution in [2.24, 2.45) is 5.92 Å². The van der Waals surface area contributed by atoms with Crippen LogP contribution in [0.5, 0.6) is 0 Å². The minimum absolute atomic E-state index is 0.0162. The fourth-order valence-corrected chi connectivity index (χ4v) is 1.52. The first-order chi connectivity index (χ1) is 8.93. The number of nitrogens with zero attached hydrogens (tertiary/aromatic N) is 1. The molecule has 1 aromatic heterocycles. The molecule has 0 spiro atoms. The molecular formula is C12H19N3O4. The molecule has 0 bridgehead atoms. The molecule has 0 saturated heterocycles. The third kappa shape index (κ3) is 4.70. The van der Waals surface area contributed by atoms with E-state index in [1.165, 1.54) is 7.11 Å². The topological polar surface area (TPSA) is 93.5 Å². The summed E-state index contributed by atoms with van der Waals surface area (Å²) in [4.78, 5) is 23.1. The Labute approximate surface area is 111 Å². The van der Waals surface area contributed by atoms with Crippen molar-refractivity contribution in [2.75, 3.05) is 19.0 Å². The van der Waals surface area contributed by atoms with Gasteiger partial charge in [-0.25, -0.2) is 0 Å². The lowest BCUT2D eigenvalue weighted by Gasteiger charge is -2.19. The number of methoxy groups -OCH3 is 1. The summed E-state index contributed by atoms with van der Waals surface area (Å²) < 4.78 is 9.52. The van der Waals surface area contributed by atoms with E-state index in [1.54, 1.807) is 13.0 Å². The molecule has 1 atom stereocenters. The highest BCUT2D eigenvalue weighted by molar-refractivity contribution is 5.91. The molecule has 1 heterocycles. The minimum atomic E-state index is -0.521. The number of hydrogen-bond acceptors (Lipinski definition) is 6. The number of anilines is 1. The van der Waals surface area contributed by atoms with Gasteiger partial charge >= 0.3 is 5.97 Å². The smallest absolute Gasteiger partial charge is 0.323 e. The molecule has 0 saturated carbocycles. The number of rotatable bonds is 6. The van der Waals surface area contributed by atoms with E-state index in [9.17, 15) is 9.59 Å². The van der Waals surface area contributed by atoms with Crippen LogP contribution in [-0.4, -0.2) is 36.7 Å². The second-order valence-corrected chi connectivity index (χ2v) is 4.51. The first-order valence-electron chi connectivity index (χ1n) is 5.98. The summed E-state index contributed by atoms with van der Waals surface area (Å²) >= 11 is 0. The molecule has 1 unspecified atom stereocenters. The Balaban J connectivity index is 2.46. The zero-order chi connectivity index (χ0) is 14.4. The van der Waals surface area contributed by atoms with E-state index in [1.807, 2.05) is 13.8 Å². The monoisotopic (exact) mass is 269 g/mol. The Morgan fingerprint density at radius 2 is 2.16 bits per heavy atom. The second-order valence-electron chi connectivity index (χ2n) is 4.51. The molecular weight excluding hydrogens is 250 g/mol. The molecule has 0 aliphatic heterocycles. The fraction of sp³-hybridized carbons (Fsp3) is 0.583. The highest BCUT2D eigenvalue weighted by Crippen LogP contribution is 2.08. The van der Waals surface area contributed by atoms with E-state index in [2.05, 4.69) is 20.5 Å². The second kappa shape index (κ2) is 6.89. The Morgan fingerprint density at radius 1 is 1.47 bits per heavy atom. The van der Waals surface area contributed by atoms with Crippen molar-refractivity contribution in [3.05, 3.63) is 11.8 Å². The number of carbonyl (C=O) groups excluding carboxylic acids is 2. The Hall–Kier alpha value is -1.89. The third-order valence-electron chi connectivity index (χ3n) is 2.49. The van der Waals surface area contributed by atoms with Gasteiger partial charge in [-0.15, -0.1) is 0 Å². The summed E-state index contributed by atoms with van der Waals surface area (Å²) in [5.41, 5.74) is 0.679. The largest absolute Gasteiger partial charge is 0.468 e. The standard InChI is InChI=1S/C12H19N3O4/c1-7(2)11(12(17)18-4)13-6-9(16)14-10-5-8(3)15-19-10/h5,7,11,13H,6H2,1-4H3,(H,14,16). The fourth-order valence-electron chi connectivity index (χ4n) is 1.52. The molecule has 7 nitrogen and oxygen atoms in total. The summed E-state index contributed by atoms with van der Waals surface area (Å²) in [5, 5.41) is 9.03. The van der Waals surface area contributed by atoms with E-state index < -0.39 is 12.0 Å². The van der Waals surface area contributed by atoms with Crippen LogP contribution < -0.4 is 10.6 Å². The number of nitrogens with one attached hydrogen (secondary N) is 2. The lowest BCUT2D eigenvalue weighted by molar-refractivity contribution is -0.144. The van der Waals surface area contributed by atoms with E-state index in [0.29, 0.717) is 5.69 Å². The number of esters is 1. The van der Waals surface area contributed by atoms with Gasteiger partial charge in [0.2, 0.25) is 11.8 Å². The van der Waals surface area contributed by atoms with E-state index >= 15 is 0 Å². The van der Waals surface area contributed by atoms with Crippen molar-refractivity contribution in [3.63, 3.8) is 0 Å². The maximum absolute atomic E-state index is 11.6. The molecule has 1 rings (SSSR count). The lowest BCUT2D eigenvalue weighted by Crippen LogP contribution is -2.45. The number of amides is 1. The number of aryl methyl sites for hydroxylation is 1. The summed E-state index contributed by atoms with van der Waals surface area (Å²) in [7, 11) is 1.32. The average Bonchev–Trinajstić information content (AvgIpc) is 2.74. The SMILES string of the molecule is COC(=O)C(NCC(=O)Nc1cc(C)no1)C(C)C. The van der Waals surface area contributed by atoms with Crippen molar-refractivity contribution in [3.8, 4) is 0 Å². The zero-order valence-electron chi connectivity index (χ0n) is 11.5. The van der Waals surface area contributed by atoms with E-state index in [4.69, 9.17) is 4.52 Å². The van der Waals surface area contributed by atoms with E-state index in [0.717, 1.165) is 0 Å². The Morgan fingerprint density at radius 3 is 2.63 bits per heavy atom. The van der Waals surface area contributed by atoms with Gasteiger partial charge in [0.1, 0.15) is 6.04 Å². The predicted octanol–water partition coefficient (Wildman–Crippen LogP) is 0.709. The van der Waals surface area contributed by atoms with Crippen LogP contribution in [0.2, 0.25) is 0 Å². The molecule has 0 aliphatic rings. The van der Waals surface area contributed by atoms with Gasteiger partial charge in [0.15, 0.2) is 0 Å². The molecule has 1 amide bonds. The summed E-state index contributed by atoms with van der Waals surface area (Å²) in [5.74, 6) is -0.403. The molecule has 0 aromatic carbocycles. The molecule has 0 fully saturated rings. The van der Waals surface area contributed by atoms with Gasteiger partial charge < -0.3 is 9.26 Å². The van der Waals surface area contributed by atoms with Crippen LogP contribution in [0, 0.1) is 12.8 Å². The number of carbonyl (C=O) groups is 2. The molecule has 1 aromatic rings. The zero-order valence-corrected chi connectivity index (χ0v) is 11.5. The van der Waals surface area contributed by atoms with Crippen molar-refractivity contribution in [1.82, 2.24) is 10.5 Å². The Bertz CT molecular complexity index is 442. The molecule has 2 N–H and O–H groups in total. The van der Waals surface area contributed by atoms with Crippen LogP contribution in [0.25, 0.3) is 0 Å². The minimum Gasteiger partial charge on any atom is -0.468 e. The van der Waals surface area contributed by atoms with Crippen LogP contribution in [0.1, 0.15) is 19.5 Å². The Kier molecular flexibility index (Phi) is 5.50. The van der Waals surface area contributed by atoms with Gasteiger partial charge in [-0.3, -0.25) is 20.2 Å².